The Balaban J connectivity index is 1.92. The van der Waals surface area contributed by atoms with E-state index in [1.165, 1.54) is 7.11 Å². The lowest BCUT2D eigenvalue weighted by Gasteiger charge is -2.21. The summed E-state index contributed by atoms with van der Waals surface area (Å²) in [5, 5.41) is 3.34. The lowest BCUT2D eigenvalue weighted by atomic mass is 10.2. The lowest BCUT2D eigenvalue weighted by Crippen LogP contribution is -2.41. The number of anilines is 1. The number of hydrogen-bond acceptors (Lipinski definition) is 4. The molecule has 1 fully saturated rings. The molecule has 0 aromatic heterocycles. The van der Waals surface area contributed by atoms with Gasteiger partial charge in [-0.3, -0.25) is 14.5 Å². The molecule has 20 heavy (non-hydrogen) atoms. The molecule has 0 saturated carbocycles. The van der Waals surface area contributed by atoms with Gasteiger partial charge in [0.05, 0.1) is 13.7 Å². The number of likely N-dealkylation sites (tertiary alicyclic amines) is 1. The zero-order valence-corrected chi connectivity index (χ0v) is 12.0. The minimum atomic E-state index is -0.315. The van der Waals surface area contributed by atoms with Gasteiger partial charge in [-0.15, -0.1) is 0 Å². The predicted molar refractivity (Wildman–Crippen MR) is 76.7 cm³/mol. The number of nitrogens with one attached hydrogen (secondary N) is 1. The first-order chi connectivity index (χ1) is 9.60. The third-order valence-corrected chi connectivity index (χ3v) is 3.53. The number of halogens is 1. The maximum atomic E-state index is 12.0. The Labute approximate surface area is 122 Å². The molecule has 1 saturated heterocycles. The van der Waals surface area contributed by atoms with Crippen molar-refractivity contribution in [1.29, 1.82) is 0 Å². The van der Waals surface area contributed by atoms with Crippen LogP contribution in [0.25, 0.3) is 0 Å². The standard InChI is InChI=1S/C14H17ClN2O3/c1-20-14(19)12-6-3-7-17(12)9-13(18)16-11-5-2-4-10(15)8-11/h2,4-5,8,12H,3,6-7,9H2,1H3,(H,16,18). The van der Waals surface area contributed by atoms with Gasteiger partial charge in [0.2, 0.25) is 5.91 Å². The molecule has 1 heterocycles. The Bertz CT molecular complexity index is 507. The number of esters is 1. The van der Waals surface area contributed by atoms with Crippen molar-refractivity contribution in [2.75, 3.05) is 25.5 Å². The first kappa shape index (κ1) is 14.8. The van der Waals surface area contributed by atoms with Gasteiger partial charge < -0.3 is 10.1 Å². The van der Waals surface area contributed by atoms with Gasteiger partial charge in [-0.05, 0) is 37.6 Å². The van der Waals surface area contributed by atoms with Crippen molar-refractivity contribution in [2.24, 2.45) is 0 Å². The summed E-state index contributed by atoms with van der Waals surface area (Å²) in [7, 11) is 1.37. The minimum absolute atomic E-state index is 0.164. The molecule has 2 rings (SSSR count). The SMILES string of the molecule is COC(=O)C1CCCN1CC(=O)Nc1cccc(Cl)c1. The fraction of sp³-hybridized carbons (Fsp3) is 0.429. The normalized spacial score (nSPS) is 18.8. The second-order valence-corrected chi connectivity index (χ2v) is 5.15. The van der Waals surface area contributed by atoms with Crippen molar-refractivity contribution in [3.63, 3.8) is 0 Å². The number of methoxy groups -OCH3 is 1. The van der Waals surface area contributed by atoms with Crippen LogP contribution in [-0.2, 0) is 14.3 Å². The molecule has 1 N–H and O–H groups in total. The molecule has 0 spiro atoms. The fourth-order valence-electron chi connectivity index (χ4n) is 2.37. The monoisotopic (exact) mass is 296 g/mol. The number of amides is 1. The maximum Gasteiger partial charge on any atom is 0.323 e. The molecule has 1 unspecified atom stereocenters. The van der Waals surface area contributed by atoms with E-state index in [1.54, 1.807) is 24.3 Å². The van der Waals surface area contributed by atoms with Crippen LogP contribution >= 0.6 is 11.6 Å². The average Bonchev–Trinajstić information content (AvgIpc) is 2.85. The van der Waals surface area contributed by atoms with Crippen LogP contribution in [-0.4, -0.2) is 43.0 Å². The Hall–Kier alpha value is -1.59. The molecule has 1 amide bonds. The third kappa shape index (κ3) is 3.71. The number of carbonyl (C=O) groups is 2. The molecule has 0 radical (unpaired) electrons. The topological polar surface area (TPSA) is 58.6 Å². The van der Waals surface area contributed by atoms with Crippen LogP contribution in [0.1, 0.15) is 12.8 Å². The zero-order valence-electron chi connectivity index (χ0n) is 11.3. The van der Waals surface area contributed by atoms with E-state index in [0.29, 0.717) is 10.7 Å². The molecule has 0 bridgehead atoms. The molecular formula is C14H17ClN2O3. The molecule has 1 atom stereocenters. The molecule has 5 nitrogen and oxygen atoms in total. The Kier molecular flexibility index (Phi) is 4.98. The van der Waals surface area contributed by atoms with E-state index in [-0.39, 0.29) is 24.5 Å². The van der Waals surface area contributed by atoms with Crippen molar-refractivity contribution in [1.82, 2.24) is 4.90 Å². The van der Waals surface area contributed by atoms with Gasteiger partial charge in [0, 0.05) is 10.7 Å². The Morgan fingerprint density at radius 1 is 1.50 bits per heavy atom. The van der Waals surface area contributed by atoms with Crippen molar-refractivity contribution in [3.05, 3.63) is 29.3 Å². The molecule has 0 aliphatic carbocycles. The summed E-state index contributed by atoms with van der Waals surface area (Å²) >= 11 is 5.86. The van der Waals surface area contributed by atoms with Gasteiger partial charge in [0.1, 0.15) is 6.04 Å². The summed E-state index contributed by atoms with van der Waals surface area (Å²) in [6.45, 7) is 0.898. The molecule has 6 heteroatoms. The van der Waals surface area contributed by atoms with Gasteiger partial charge in [-0.25, -0.2) is 0 Å². The predicted octanol–water partition coefficient (Wildman–Crippen LogP) is 1.92. The van der Waals surface area contributed by atoms with Crippen LogP contribution < -0.4 is 5.32 Å². The molecule has 108 valence electrons. The van der Waals surface area contributed by atoms with Gasteiger partial charge >= 0.3 is 5.97 Å². The van der Waals surface area contributed by atoms with Gasteiger partial charge in [-0.2, -0.15) is 0 Å². The minimum Gasteiger partial charge on any atom is -0.468 e. The summed E-state index contributed by atoms with van der Waals surface area (Å²) in [5.41, 5.74) is 0.649. The first-order valence-electron chi connectivity index (χ1n) is 6.47. The van der Waals surface area contributed by atoms with Crippen LogP contribution in [0, 0.1) is 0 Å². The summed E-state index contributed by atoms with van der Waals surface area (Å²) < 4.78 is 4.75. The van der Waals surface area contributed by atoms with Crippen LogP contribution in [0.2, 0.25) is 5.02 Å². The molecular weight excluding hydrogens is 280 g/mol. The second kappa shape index (κ2) is 6.72. The summed E-state index contributed by atoms with van der Waals surface area (Å²) in [5.74, 6) is -0.443. The number of nitrogens with zero attached hydrogens (tertiary/aromatic N) is 1. The van der Waals surface area contributed by atoms with E-state index >= 15 is 0 Å². The maximum absolute atomic E-state index is 12.0. The van der Waals surface area contributed by atoms with Crippen LogP contribution in [0.5, 0.6) is 0 Å². The second-order valence-electron chi connectivity index (χ2n) is 4.71. The van der Waals surface area contributed by atoms with Gasteiger partial charge in [-0.1, -0.05) is 17.7 Å². The van der Waals surface area contributed by atoms with Crippen molar-refractivity contribution in [2.45, 2.75) is 18.9 Å². The lowest BCUT2D eigenvalue weighted by molar-refractivity contribution is -0.146. The summed E-state index contributed by atoms with van der Waals surface area (Å²) in [4.78, 5) is 25.4. The number of ether oxygens (including phenoxy) is 1. The number of carbonyl (C=O) groups excluding carboxylic acids is 2. The van der Waals surface area contributed by atoms with Gasteiger partial charge in [0.15, 0.2) is 0 Å². The fourth-order valence-corrected chi connectivity index (χ4v) is 2.56. The summed E-state index contributed by atoms with van der Waals surface area (Å²) in [6.07, 6.45) is 1.63. The zero-order chi connectivity index (χ0) is 14.5. The number of rotatable bonds is 4. The third-order valence-electron chi connectivity index (χ3n) is 3.29. The molecule has 1 aromatic rings. The molecule has 1 aliphatic rings. The van der Waals surface area contributed by atoms with Crippen molar-refractivity contribution in [3.8, 4) is 0 Å². The average molecular weight is 297 g/mol. The van der Waals surface area contributed by atoms with E-state index in [4.69, 9.17) is 16.3 Å². The smallest absolute Gasteiger partial charge is 0.323 e. The Morgan fingerprint density at radius 3 is 3.00 bits per heavy atom. The highest BCUT2D eigenvalue weighted by Crippen LogP contribution is 2.19. The van der Waals surface area contributed by atoms with Crippen LogP contribution in [0.3, 0.4) is 0 Å². The summed E-state index contributed by atoms with van der Waals surface area (Å²) in [6, 6.07) is 6.65. The van der Waals surface area contributed by atoms with E-state index in [0.717, 1.165) is 19.4 Å². The van der Waals surface area contributed by atoms with E-state index in [1.807, 2.05) is 4.90 Å². The highest BCUT2D eigenvalue weighted by Gasteiger charge is 2.32. The molecule has 1 aliphatic heterocycles. The van der Waals surface area contributed by atoms with E-state index in [2.05, 4.69) is 5.32 Å². The van der Waals surface area contributed by atoms with Crippen LogP contribution in [0.15, 0.2) is 24.3 Å². The number of benzene rings is 1. The Morgan fingerprint density at radius 2 is 2.30 bits per heavy atom. The van der Waals surface area contributed by atoms with Crippen LogP contribution in [0.4, 0.5) is 5.69 Å². The van der Waals surface area contributed by atoms with E-state index < -0.39 is 0 Å². The first-order valence-corrected chi connectivity index (χ1v) is 6.85. The molecule has 1 aromatic carbocycles. The largest absolute Gasteiger partial charge is 0.468 e. The highest BCUT2D eigenvalue weighted by atomic mass is 35.5. The van der Waals surface area contributed by atoms with Crippen molar-refractivity contribution < 1.29 is 14.3 Å². The van der Waals surface area contributed by atoms with Gasteiger partial charge in [0.25, 0.3) is 0 Å². The quantitative estimate of drug-likeness (QED) is 0.863. The number of hydrogen-bond donors (Lipinski definition) is 1. The van der Waals surface area contributed by atoms with Crippen molar-refractivity contribution >= 4 is 29.2 Å². The highest BCUT2D eigenvalue weighted by molar-refractivity contribution is 6.30. The van der Waals surface area contributed by atoms with E-state index in [9.17, 15) is 9.59 Å².